The Hall–Kier alpha value is -2.62. The standard InChI is InChI=1S/2C18H31N3O4.CH4/c2*1-13(2)7-16(22)10-21-9-15(19-20-21)11-23-12-18-8-17(5-6-24-18)25-14(3)4;/h2*9,13-14,17-18H,5-8,10-12H2,1-4H3;1H4/t2*17-,18-;/m10./s1. The smallest absolute Gasteiger partial charge is 0.154 e. The van der Waals surface area contributed by atoms with Crippen LogP contribution in [0.15, 0.2) is 12.4 Å². The summed E-state index contributed by atoms with van der Waals surface area (Å²) >= 11 is 0. The van der Waals surface area contributed by atoms with Crippen LogP contribution >= 0.6 is 0 Å². The van der Waals surface area contributed by atoms with E-state index in [2.05, 4.69) is 48.3 Å². The van der Waals surface area contributed by atoms with Crippen LogP contribution in [0.5, 0.6) is 0 Å². The van der Waals surface area contributed by atoms with Crippen molar-refractivity contribution in [1.29, 1.82) is 0 Å². The SMILES string of the molecule is C.CC(C)CC(=O)Cn1cc(COC[C@@H]2C[C@@H](OC(C)C)CCO2)nn1.CC(C)CC(=O)Cn1cc(COC[C@H]2C[C@H](OC(C)C)CCO2)nn1. The predicted octanol–water partition coefficient (Wildman–Crippen LogP) is 5.40. The Morgan fingerprint density at radius 1 is 0.706 bits per heavy atom. The van der Waals surface area contributed by atoms with E-state index in [9.17, 15) is 9.59 Å². The van der Waals surface area contributed by atoms with E-state index in [1.165, 1.54) is 0 Å². The molecule has 14 heteroatoms. The van der Waals surface area contributed by atoms with Gasteiger partial charge in [-0.15, -0.1) is 10.2 Å². The zero-order valence-electron chi connectivity index (χ0n) is 31.6. The van der Waals surface area contributed by atoms with Gasteiger partial charge in [-0.2, -0.15) is 0 Å². The van der Waals surface area contributed by atoms with E-state index in [1.807, 2.05) is 27.7 Å². The summed E-state index contributed by atoms with van der Waals surface area (Å²) in [5, 5.41) is 16.1. The zero-order valence-corrected chi connectivity index (χ0v) is 31.6. The summed E-state index contributed by atoms with van der Waals surface area (Å²) in [6.07, 6.45) is 9.32. The molecule has 2 aromatic heterocycles. The number of ether oxygens (including phenoxy) is 6. The predicted molar refractivity (Wildman–Crippen MR) is 193 cm³/mol. The molecule has 4 atom stereocenters. The molecular weight excluding hydrogens is 656 g/mol. The van der Waals surface area contributed by atoms with E-state index in [0.29, 0.717) is 64.3 Å². The van der Waals surface area contributed by atoms with Crippen molar-refractivity contribution in [3.63, 3.8) is 0 Å². The Bertz CT molecular complexity index is 1160. The average molecular weight is 723 g/mol. The van der Waals surface area contributed by atoms with Gasteiger partial charge in [0.25, 0.3) is 0 Å². The molecule has 2 aromatic rings. The number of Topliss-reactive ketones (excluding diaryl/α,β-unsaturated/α-hetero) is 2. The van der Waals surface area contributed by atoms with Gasteiger partial charge >= 0.3 is 0 Å². The number of carbonyl (C=O) groups excluding carboxylic acids is 2. The molecule has 4 heterocycles. The van der Waals surface area contributed by atoms with Crippen molar-refractivity contribution in [2.24, 2.45) is 11.8 Å². The highest BCUT2D eigenvalue weighted by atomic mass is 16.5. The van der Waals surface area contributed by atoms with Crippen LogP contribution in [-0.2, 0) is 64.3 Å². The first-order chi connectivity index (χ1) is 23.8. The van der Waals surface area contributed by atoms with Gasteiger partial charge in [-0.25, -0.2) is 9.36 Å². The minimum Gasteiger partial charge on any atom is -0.376 e. The maximum absolute atomic E-state index is 11.8. The summed E-state index contributed by atoms with van der Waals surface area (Å²) in [5.41, 5.74) is 1.45. The second kappa shape index (κ2) is 23.8. The summed E-state index contributed by atoms with van der Waals surface area (Å²) in [6, 6.07) is 0. The van der Waals surface area contributed by atoms with Gasteiger partial charge in [-0.05, 0) is 52.4 Å². The Balaban J connectivity index is 0.000000347. The Morgan fingerprint density at radius 3 is 1.45 bits per heavy atom. The molecule has 2 aliphatic rings. The lowest BCUT2D eigenvalue weighted by atomic mass is 10.1. The summed E-state index contributed by atoms with van der Waals surface area (Å²) in [4.78, 5) is 23.6. The summed E-state index contributed by atoms with van der Waals surface area (Å²) in [7, 11) is 0. The Kier molecular flexibility index (Phi) is 20.8. The van der Waals surface area contributed by atoms with Gasteiger partial charge in [0, 0.05) is 38.9 Å². The van der Waals surface area contributed by atoms with Crippen LogP contribution in [0.3, 0.4) is 0 Å². The van der Waals surface area contributed by atoms with Gasteiger partial charge in [-0.3, -0.25) is 9.59 Å². The van der Waals surface area contributed by atoms with E-state index in [4.69, 9.17) is 28.4 Å². The Morgan fingerprint density at radius 2 is 1.10 bits per heavy atom. The largest absolute Gasteiger partial charge is 0.376 e. The van der Waals surface area contributed by atoms with Crippen molar-refractivity contribution in [3.8, 4) is 0 Å². The van der Waals surface area contributed by atoms with Gasteiger partial charge in [0.2, 0.25) is 0 Å². The molecule has 0 unspecified atom stereocenters. The van der Waals surface area contributed by atoms with Crippen LogP contribution in [0.1, 0.15) is 113 Å². The molecule has 0 N–H and O–H groups in total. The highest BCUT2D eigenvalue weighted by Gasteiger charge is 2.25. The van der Waals surface area contributed by atoms with E-state index in [-0.39, 0.29) is 68.7 Å². The molecule has 0 bridgehead atoms. The van der Waals surface area contributed by atoms with E-state index in [1.54, 1.807) is 21.8 Å². The fourth-order valence-electron chi connectivity index (χ4n) is 5.89. The van der Waals surface area contributed by atoms with Crippen LogP contribution < -0.4 is 0 Å². The first kappa shape index (κ1) is 44.5. The second-order valence-electron chi connectivity index (χ2n) is 14.8. The number of hydrogen-bond acceptors (Lipinski definition) is 12. The third kappa shape index (κ3) is 19.2. The number of carbonyl (C=O) groups is 2. The maximum Gasteiger partial charge on any atom is 0.154 e. The first-order valence-corrected chi connectivity index (χ1v) is 18.4. The summed E-state index contributed by atoms with van der Waals surface area (Å²) < 4.78 is 37.8. The molecule has 51 heavy (non-hydrogen) atoms. The molecule has 14 nitrogen and oxygen atoms in total. The lowest BCUT2D eigenvalue weighted by molar-refractivity contribution is -0.121. The van der Waals surface area contributed by atoms with Crippen LogP contribution in [-0.4, -0.2) is 105 Å². The van der Waals surface area contributed by atoms with Crippen LogP contribution in [0.4, 0.5) is 0 Å². The van der Waals surface area contributed by atoms with Crippen molar-refractivity contribution < 1.29 is 38.0 Å². The van der Waals surface area contributed by atoms with Gasteiger partial charge in [0.15, 0.2) is 11.6 Å². The monoisotopic (exact) mass is 722 g/mol. The minimum absolute atomic E-state index is 0. The number of hydrogen-bond donors (Lipinski definition) is 0. The summed E-state index contributed by atoms with van der Waals surface area (Å²) in [5.74, 6) is 1.05. The quantitative estimate of drug-likeness (QED) is 0.172. The number of nitrogens with zero attached hydrogens (tertiary/aromatic N) is 6. The fourth-order valence-corrected chi connectivity index (χ4v) is 5.89. The van der Waals surface area contributed by atoms with Crippen LogP contribution in [0.25, 0.3) is 0 Å². The molecule has 0 spiro atoms. The molecule has 2 aliphatic heterocycles. The molecule has 0 aliphatic carbocycles. The van der Waals surface area contributed by atoms with Gasteiger partial charge < -0.3 is 28.4 Å². The molecule has 0 saturated carbocycles. The zero-order chi connectivity index (χ0) is 36.5. The number of ketones is 2. The topological polar surface area (TPSA) is 151 Å². The normalized spacial score (nSPS) is 20.8. The summed E-state index contributed by atoms with van der Waals surface area (Å²) in [6.45, 7) is 20.0. The van der Waals surface area contributed by atoms with Gasteiger partial charge in [-0.1, -0.05) is 45.5 Å². The van der Waals surface area contributed by atoms with Crippen LogP contribution in [0.2, 0.25) is 0 Å². The lowest BCUT2D eigenvalue weighted by Crippen LogP contribution is -2.35. The first-order valence-electron chi connectivity index (χ1n) is 18.4. The molecule has 2 saturated heterocycles. The molecule has 292 valence electrons. The molecule has 0 aromatic carbocycles. The highest BCUT2D eigenvalue weighted by molar-refractivity contribution is 5.78. The van der Waals surface area contributed by atoms with E-state index >= 15 is 0 Å². The third-order valence-corrected chi connectivity index (χ3v) is 7.80. The van der Waals surface area contributed by atoms with E-state index < -0.39 is 0 Å². The average Bonchev–Trinajstić information content (AvgIpc) is 3.65. The Labute approximate surface area is 305 Å². The van der Waals surface area contributed by atoms with E-state index in [0.717, 1.165) is 37.1 Å². The second-order valence-corrected chi connectivity index (χ2v) is 14.8. The lowest BCUT2D eigenvalue weighted by Gasteiger charge is -2.30. The number of rotatable bonds is 20. The van der Waals surface area contributed by atoms with Gasteiger partial charge in [0.1, 0.15) is 24.5 Å². The van der Waals surface area contributed by atoms with Crippen molar-refractivity contribution >= 4 is 11.6 Å². The maximum atomic E-state index is 11.8. The number of aromatic nitrogens is 6. The third-order valence-electron chi connectivity index (χ3n) is 7.80. The fraction of sp³-hybridized carbons (Fsp3) is 0.838. The highest BCUT2D eigenvalue weighted by Crippen LogP contribution is 2.20. The molecule has 4 rings (SSSR count). The molecule has 0 radical (unpaired) electrons. The van der Waals surface area contributed by atoms with Crippen molar-refractivity contribution in [2.75, 3.05) is 26.4 Å². The van der Waals surface area contributed by atoms with Crippen molar-refractivity contribution in [1.82, 2.24) is 30.0 Å². The molecule has 2 fully saturated rings. The van der Waals surface area contributed by atoms with Crippen molar-refractivity contribution in [3.05, 3.63) is 23.8 Å². The van der Waals surface area contributed by atoms with Crippen LogP contribution in [0, 0.1) is 11.8 Å². The molecular formula is C37H66N6O8. The van der Waals surface area contributed by atoms with Crippen molar-refractivity contribution in [2.45, 2.75) is 164 Å². The molecule has 0 amide bonds. The van der Waals surface area contributed by atoms with Gasteiger partial charge in [0.05, 0.1) is 75.4 Å². The minimum atomic E-state index is 0.